The quantitative estimate of drug-likeness (QED) is 0.777. The number of methoxy groups -OCH3 is 1. The van der Waals surface area contributed by atoms with Crippen LogP contribution in [0.1, 0.15) is 34.7 Å². The molecular weight excluding hydrogens is 320 g/mol. The van der Waals surface area contributed by atoms with Crippen LogP contribution in [0.2, 0.25) is 0 Å². The Kier molecular flexibility index (Phi) is 5.50. The molecule has 1 fully saturated rings. The summed E-state index contributed by atoms with van der Waals surface area (Å²) < 4.78 is 16.0. The summed E-state index contributed by atoms with van der Waals surface area (Å²) >= 11 is 0. The Hall–Kier alpha value is -2.18. The molecule has 2 heterocycles. The number of aryl methyl sites for hydroxylation is 1. The van der Waals surface area contributed by atoms with Gasteiger partial charge < -0.3 is 13.9 Å². The summed E-state index contributed by atoms with van der Waals surface area (Å²) in [6, 6.07) is 7.60. The Bertz CT molecular complexity index is 718. The fraction of sp³-hybridized carbons (Fsp3) is 0.474. The van der Waals surface area contributed by atoms with E-state index >= 15 is 0 Å². The predicted molar refractivity (Wildman–Crippen MR) is 93.3 cm³/mol. The van der Waals surface area contributed by atoms with E-state index in [0.717, 1.165) is 49.6 Å². The average molecular weight is 344 g/mol. The first kappa shape index (κ1) is 17.6. The Morgan fingerprint density at radius 1 is 1.28 bits per heavy atom. The maximum Gasteiger partial charge on any atom is 0.337 e. The largest absolute Gasteiger partial charge is 0.465 e. The van der Waals surface area contributed by atoms with E-state index in [4.69, 9.17) is 13.9 Å². The van der Waals surface area contributed by atoms with Gasteiger partial charge >= 0.3 is 5.97 Å². The van der Waals surface area contributed by atoms with Crippen molar-refractivity contribution in [2.75, 3.05) is 27.4 Å². The second kappa shape index (κ2) is 7.80. The first-order valence-corrected chi connectivity index (χ1v) is 8.51. The maximum absolute atomic E-state index is 11.5. The van der Waals surface area contributed by atoms with Crippen molar-refractivity contribution in [2.24, 2.45) is 0 Å². The third kappa shape index (κ3) is 4.08. The van der Waals surface area contributed by atoms with Crippen molar-refractivity contribution in [2.45, 2.75) is 32.4 Å². The van der Waals surface area contributed by atoms with E-state index in [9.17, 15) is 4.79 Å². The van der Waals surface area contributed by atoms with Crippen molar-refractivity contribution >= 4 is 5.97 Å². The highest BCUT2D eigenvalue weighted by atomic mass is 16.5. The molecule has 0 saturated carbocycles. The smallest absolute Gasteiger partial charge is 0.337 e. The highest BCUT2D eigenvalue weighted by molar-refractivity contribution is 5.89. The number of aromatic nitrogens is 1. The summed E-state index contributed by atoms with van der Waals surface area (Å²) in [5.41, 5.74) is 2.30. The number of rotatable bonds is 5. The Labute approximate surface area is 147 Å². The van der Waals surface area contributed by atoms with Crippen molar-refractivity contribution in [3.8, 4) is 11.5 Å². The van der Waals surface area contributed by atoms with Gasteiger partial charge in [0.2, 0.25) is 5.89 Å². The van der Waals surface area contributed by atoms with Gasteiger partial charge in [0.05, 0.1) is 18.4 Å². The summed E-state index contributed by atoms with van der Waals surface area (Å²) in [7, 11) is 3.49. The number of carbonyl (C=O) groups is 1. The summed E-state index contributed by atoms with van der Waals surface area (Å²) in [4.78, 5) is 18.5. The lowest BCUT2D eigenvalue weighted by Gasteiger charge is -2.30. The lowest BCUT2D eigenvalue weighted by atomic mass is 10.1. The van der Waals surface area contributed by atoms with Crippen LogP contribution in [0.15, 0.2) is 28.7 Å². The minimum atomic E-state index is -0.353. The minimum Gasteiger partial charge on any atom is -0.465 e. The zero-order valence-corrected chi connectivity index (χ0v) is 14.9. The van der Waals surface area contributed by atoms with Gasteiger partial charge in [-0.1, -0.05) is 0 Å². The molecule has 25 heavy (non-hydrogen) atoms. The summed E-state index contributed by atoms with van der Waals surface area (Å²) in [6.45, 7) is 4.34. The van der Waals surface area contributed by atoms with Crippen LogP contribution < -0.4 is 0 Å². The molecule has 6 heteroatoms. The molecule has 0 radical (unpaired) electrons. The number of oxazole rings is 1. The van der Waals surface area contributed by atoms with Gasteiger partial charge in [-0.2, -0.15) is 0 Å². The van der Waals surface area contributed by atoms with E-state index in [2.05, 4.69) is 16.9 Å². The van der Waals surface area contributed by atoms with Crippen molar-refractivity contribution < 1.29 is 18.7 Å². The molecule has 0 atom stereocenters. The van der Waals surface area contributed by atoms with E-state index in [0.29, 0.717) is 17.5 Å². The first-order valence-electron chi connectivity index (χ1n) is 8.51. The number of nitrogens with zero attached hydrogens (tertiary/aromatic N) is 2. The van der Waals surface area contributed by atoms with Crippen molar-refractivity contribution in [1.82, 2.24) is 9.88 Å². The van der Waals surface area contributed by atoms with Gasteiger partial charge in [0.25, 0.3) is 0 Å². The number of hydrogen-bond acceptors (Lipinski definition) is 6. The van der Waals surface area contributed by atoms with E-state index in [-0.39, 0.29) is 5.97 Å². The zero-order chi connectivity index (χ0) is 17.8. The van der Waals surface area contributed by atoms with Crippen molar-refractivity contribution in [1.29, 1.82) is 0 Å². The minimum absolute atomic E-state index is 0.353. The lowest BCUT2D eigenvalue weighted by molar-refractivity contribution is 0.0402. The Morgan fingerprint density at radius 2 is 1.96 bits per heavy atom. The molecule has 6 nitrogen and oxygen atoms in total. The molecular formula is C19H24N2O4. The van der Waals surface area contributed by atoms with Gasteiger partial charge in [-0.3, -0.25) is 4.90 Å². The molecule has 2 aromatic rings. The van der Waals surface area contributed by atoms with Gasteiger partial charge in [-0.15, -0.1) is 0 Å². The highest BCUT2D eigenvalue weighted by Crippen LogP contribution is 2.24. The fourth-order valence-electron chi connectivity index (χ4n) is 3.06. The summed E-state index contributed by atoms with van der Waals surface area (Å²) in [6.07, 6.45) is 2.10. The van der Waals surface area contributed by atoms with Crippen LogP contribution in [-0.4, -0.2) is 49.3 Å². The van der Waals surface area contributed by atoms with Crippen LogP contribution in [0.5, 0.6) is 0 Å². The van der Waals surface area contributed by atoms with Gasteiger partial charge in [-0.05, 0) is 51.1 Å². The summed E-state index contributed by atoms with van der Waals surface area (Å²) in [5, 5.41) is 0. The number of carbonyl (C=O) groups excluding carboxylic acids is 1. The molecule has 1 saturated heterocycles. The number of ether oxygens (including phenoxy) is 2. The van der Waals surface area contributed by atoms with E-state index < -0.39 is 0 Å². The van der Waals surface area contributed by atoms with Crippen LogP contribution >= 0.6 is 0 Å². The van der Waals surface area contributed by atoms with Gasteiger partial charge in [-0.25, -0.2) is 9.78 Å². The lowest BCUT2D eigenvalue weighted by Crippen LogP contribution is -2.36. The standard InChI is InChI=1S/C19H24N2O4/c1-13-17(12-21(2)16-8-10-24-11-9-16)20-18(25-13)14-4-6-15(7-5-14)19(22)23-3/h4-7,16H,8-12H2,1-3H3. The van der Waals surface area contributed by atoms with Gasteiger partial charge in [0.15, 0.2) is 0 Å². The summed E-state index contributed by atoms with van der Waals surface area (Å²) in [5.74, 6) is 1.05. The highest BCUT2D eigenvalue weighted by Gasteiger charge is 2.21. The molecule has 0 N–H and O–H groups in total. The topological polar surface area (TPSA) is 64.8 Å². The third-order valence-corrected chi connectivity index (χ3v) is 4.66. The molecule has 3 rings (SSSR count). The molecule has 1 aliphatic heterocycles. The van der Waals surface area contributed by atoms with Crippen LogP contribution in [0, 0.1) is 6.92 Å². The molecule has 0 amide bonds. The molecule has 0 unspecified atom stereocenters. The van der Waals surface area contributed by atoms with Gasteiger partial charge in [0, 0.05) is 31.4 Å². The normalized spacial score (nSPS) is 15.5. The monoisotopic (exact) mass is 344 g/mol. The zero-order valence-electron chi connectivity index (χ0n) is 14.9. The predicted octanol–water partition coefficient (Wildman–Crippen LogP) is 3.05. The Morgan fingerprint density at radius 3 is 2.60 bits per heavy atom. The van der Waals surface area contributed by atoms with E-state index in [1.807, 2.05) is 19.1 Å². The SMILES string of the molecule is COC(=O)c1ccc(-c2nc(CN(C)C3CCOCC3)c(C)o2)cc1. The molecule has 134 valence electrons. The van der Waals surface area contributed by atoms with Crippen molar-refractivity contribution in [3.05, 3.63) is 41.3 Å². The second-order valence-electron chi connectivity index (χ2n) is 6.35. The number of esters is 1. The number of hydrogen-bond donors (Lipinski definition) is 0. The van der Waals surface area contributed by atoms with Crippen LogP contribution in [0.4, 0.5) is 0 Å². The van der Waals surface area contributed by atoms with Crippen LogP contribution in [0.3, 0.4) is 0 Å². The number of benzene rings is 1. The molecule has 1 aromatic carbocycles. The molecule has 0 bridgehead atoms. The fourth-order valence-corrected chi connectivity index (χ4v) is 3.06. The second-order valence-corrected chi connectivity index (χ2v) is 6.35. The van der Waals surface area contributed by atoms with E-state index in [1.54, 1.807) is 12.1 Å². The molecule has 0 aliphatic carbocycles. The first-order chi connectivity index (χ1) is 12.1. The molecule has 0 spiro atoms. The van der Waals surface area contributed by atoms with Gasteiger partial charge in [0.1, 0.15) is 5.76 Å². The Balaban J connectivity index is 1.72. The third-order valence-electron chi connectivity index (χ3n) is 4.66. The molecule has 1 aliphatic rings. The van der Waals surface area contributed by atoms with Crippen molar-refractivity contribution in [3.63, 3.8) is 0 Å². The van der Waals surface area contributed by atoms with Crippen LogP contribution in [0.25, 0.3) is 11.5 Å². The maximum atomic E-state index is 11.5. The molecule has 1 aromatic heterocycles. The van der Waals surface area contributed by atoms with E-state index in [1.165, 1.54) is 7.11 Å². The van der Waals surface area contributed by atoms with Crippen LogP contribution in [-0.2, 0) is 16.0 Å². The average Bonchev–Trinajstić information content (AvgIpc) is 3.02.